The largest absolute Gasteiger partial charge is 0.493 e. The lowest BCUT2D eigenvalue weighted by Crippen LogP contribution is -2.06. The molecule has 1 aliphatic heterocycles. The molecule has 0 unspecified atom stereocenters. The van der Waals surface area contributed by atoms with E-state index in [0.717, 1.165) is 0 Å². The molecule has 1 aliphatic rings. The molecule has 0 bridgehead atoms. The van der Waals surface area contributed by atoms with Crippen molar-refractivity contribution in [3.8, 4) is 11.5 Å². The van der Waals surface area contributed by atoms with E-state index in [-0.39, 0.29) is 46.1 Å². The Bertz CT molecular complexity index is 1480. The Labute approximate surface area is 214 Å². The van der Waals surface area contributed by atoms with Gasteiger partial charge in [0.1, 0.15) is 6.61 Å². The first-order chi connectivity index (χ1) is 17.7. The summed E-state index contributed by atoms with van der Waals surface area (Å²) in [4.78, 5) is 37.6. The number of aliphatic imine (C=N–C) groups is 1. The summed E-state index contributed by atoms with van der Waals surface area (Å²) in [6, 6.07) is 13.4. The van der Waals surface area contributed by atoms with Crippen molar-refractivity contribution in [3.05, 3.63) is 108 Å². The lowest BCUT2D eigenvalue weighted by molar-refractivity contribution is -0.385. The Morgan fingerprint density at radius 2 is 1.78 bits per heavy atom. The Hall–Kier alpha value is -4.77. The Kier molecular flexibility index (Phi) is 7.16. The van der Waals surface area contributed by atoms with Crippen LogP contribution in [-0.4, -0.2) is 28.8 Å². The maximum atomic E-state index is 12.4. The number of nitrogens with zero attached hydrogens (tertiary/aromatic N) is 3. The van der Waals surface area contributed by atoms with Gasteiger partial charge in [-0.2, -0.15) is 0 Å². The number of halogens is 1. The summed E-state index contributed by atoms with van der Waals surface area (Å²) < 4.78 is 16.4. The monoisotopic (exact) mass is 523 g/mol. The average molecular weight is 524 g/mol. The third-order valence-electron chi connectivity index (χ3n) is 5.36. The van der Waals surface area contributed by atoms with Crippen LogP contribution < -0.4 is 9.47 Å². The first-order valence-corrected chi connectivity index (χ1v) is 11.1. The van der Waals surface area contributed by atoms with Crippen LogP contribution in [0.3, 0.4) is 0 Å². The quantitative estimate of drug-likeness (QED) is 0.165. The van der Waals surface area contributed by atoms with Crippen LogP contribution in [-0.2, 0) is 16.1 Å². The summed E-state index contributed by atoms with van der Waals surface area (Å²) in [7, 11) is 1.42. The van der Waals surface area contributed by atoms with E-state index in [9.17, 15) is 25.0 Å². The van der Waals surface area contributed by atoms with Crippen molar-refractivity contribution >= 4 is 40.9 Å². The summed E-state index contributed by atoms with van der Waals surface area (Å²) in [6.07, 6.45) is 1.44. The van der Waals surface area contributed by atoms with E-state index >= 15 is 0 Å². The van der Waals surface area contributed by atoms with Gasteiger partial charge >= 0.3 is 5.97 Å². The summed E-state index contributed by atoms with van der Waals surface area (Å²) >= 11 is 6.42. The van der Waals surface area contributed by atoms with Gasteiger partial charge in [0, 0.05) is 29.3 Å². The molecule has 0 atom stereocenters. The van der Waals surface area contributed by atoms with Crippen molar-refractivity contribution in [2.45, 2.75) is 13.5 Å². The van der Waals surface area contributed by atoms with Gasteiger partial charge in [-0.3, -0.25) is 20.2 Å². The van der Waals surface area contributed by atoms with Gasteiger partial charge in [-0.15, -0.1) is 0 Å². The van der Waals surface area contributed by atoms with Crippen LogP contribution in [0.5, 0.6) is 11.5 Å². The highest BCUT2D eigenvalue weighted by Gasteiger charge is 2.26. The number of methoxy groups -OCH3 is 1. The van der Waals surface area contributed by atoms with Crippen molar-refractivity contribution in [1.82, 2.24) is 0 Å². The first kappa shape index (κ1) is 25.3. The number of hydrogen-bond donors (Lipinski definition) is 0. The highest BCUT2D eigenvalue weighted by molar-refractivity contribution is 6.32. The minimum atomic E-state index is -0.730. The molecule has 3 aromatic rings. The van der Waals surface area contributed by atoms with Crippen molar-refractivity contribution in [3.63, 3.8) is 0 Å². The van der Waals surface area contributed by atoms with E-state index in [1.54, 1.807) is 43.3 Å². The zero-order valence-corrected chi connectivity index (χ0v) is 20.2. The molecular formula is C25H18ClN3O8. The zero-order chi connectivity index (χ0) is 26.7. The Morgan fingerprint density at radius 1 is 1.05 bits per heavy atom. The molecule has 1 heterocycles. The van der Waals surface area contributed by atoms with Gasteiger partial charge in [0.15, 0.2) is 17.2 Å². The molecule has 12 heteroatoms. The van der Waals surface area contributed by atoms with E-state index in [0.29, 0.717) is 22.3 Å². The maximum Gasteiger partial charge on any atom is 0.363 e. The number of hydrogen-bond acceptors (Lipinski definition) is 9. The normalized spacial score (nSPS) is 13.8. The number of nitro groups is 2. The fourth-order valence-corrected chi connectivity index (χ4v) is 3.74. The van der Waals surface area contributed by atoms with E-state index in [1.807, 2.05) is 0 Å². The fourth-order valence-electron chi connectivity index (χ4n) is 3.46. The van der Waals surface area contributed by atoms with Crippen molar-refractivity contribution in [2.24, 2.45) is 4.99 Å². The summed E-state index contributed by atoms with van der Waals surface area (Å²) in [5.74, 6) is -0.256. The number of carbonyl (C=O) groups excluding carboxylic acids is 1. The van der Waals surface area contributed by atoms with E-state index in [4.69, 9.17) is 25.8 Å². The number of carbonyl (C=O) groups is 1. The van der Waals surface area contributed by atoms with Crippen LogP contribution in [0, 0.1) is 27.2 Å². The lowest BCUT2D eigenvalue weighted by Gasteiger charge is -2.13. The predicted molar refractivity (Wildman–Crippen MR) is 134 cm³/mol. The minimum absolute atomic E-state index is 0.0316. The van der Waals surface area contributed by atoms with E-state index in [2.05, 4.69) is 4.99 Å². The highest BCUT2D eigenvalue weighted by atomic mass is 35.5. The molecule has 4 rings (SSSR count). The fraction of sp³-hybridized carbons (Fsp3) is 0.120. The van der Waals surface area contributed by atoms with Gasteiger partial charge < -0.3 is 14.2 Å². The van der Waals surface area contributed by atoms with Crippen molar-refractivity contribution in [1.29, 1.82) is 0 Å². The molecule has 11 nitrogen and oxygen atoms in total. The molecule has 3 aromatic carbocycles. The predicted octanol–water partition coefficient (Wildman–Crippen LogP) is 5.40. The molecular weight excluding hydrogens is 506 g/mol. The second-order valence-electron chi connectivity index (χ2n) is 7.84. The van der Waals surface area contributed by atoms with Crippen LogP contribution in [0.4, 0.5) is 11.4 Å². The Morgan fingerprint density at radius 3 is 2.43 bits per heavy atom. The summed E-state index contributed by atoms with van der Waals surface area (Å²) in [5.41, 5.74) is 1.73. The van der Waals surface area contributed by atoms with E-state index in [1.165, 1.54) is 31.4 Å². The van der Waals surface area contributed by atoms with Crippen molar-refractivity contribution < 1.29 is 28.9 Å². The molecule has 0 amide bonds. The van der Waals surface area contributed by atoms with Crippen LogP contribution in [0.1, 0.15) is 22.3 Å². The maximum absolute atomic E-state index is 12.4. The number of rotatable bonds is 8. The molecule has 0 saturated heterocycles. The van der Waals surface area contributed by atoms with Crippen LogP contribution in [0.15, 0.2) is 65.3 Å². The molecule has 0 spiro atoms. The number of aryl methyl sites for hydroxylation is 1. The third-order valence-corrected chi connectivity index (χ3v) is 5.64. The van der Waals surface area contributed by atoms with Gasteiger partial charge in [0.25, 0.3) is 11.4 Å². The molecule has 0 saturated carbocycles. The number of cyclic esters (lactones) is 1. The van der Waals surface area contributed by atoms with Gasteiger partial charge in [0.05, 0.1) is 22.0 Å². The SMILES string of the molecule is COc1cc(/C=C2\N=C(c3ccc(C)c([N+](=O)[O-])c3)OC2=O)cc(Cl)c1OCc1ccc([N+](=O)[O-])cc1. The smallest absolute Gasteiger partial charge is 0.363 e. The summed E-state index contributed by atoms with van der Waals surface area (Å²) in [6.45, 7) is 1.68. The van der Waals surface area contributed by atoms with Crippen molar-refractivity contribution in [2.75, 3.05) is 7.11 Å². The highest BCUT2D eigenvalue weighted by Crippen LogP contribution is 2.38. The molecule has 0 radical (unpaired) electrons. The molecule has 0 fully saturated rings. The number of non-ortho nitro benzene ring substituents is 1. The number of esters is 1. The number of nitro benzene ring substituents is 2. The molecule has 0 aliphatic carbocycles. The number of benzene rings is 3. The average Bonchev–Trinajstić information content (AvgIpc) is 3.23. The molecule has 188 valence electrons. The Balaban J connectivity index is 1.57. The second-order valence-corrected chi connectivity index (χ2v) is 8.25. The summed E-state index contributed by atoms with van der Waals surface area (Å²) in [5, 5.41) is 22.2. The number of ether oxygens (including phenoxy) is 3. The zero-order valence-electron chi connectivity index (χ0n) is 19.5. The minimum Gasteiger partial charge on any atom is -0.493 e. The van der Waals surface area contributed by atoms with Crippen LogP contribution >= 0.6 is 11.6 Å². The third kappa shape index (κ3) is 5.57. The first-order valence-electron chi connectivity index (χ1n) is 10.7. The van der Waals surface area contributed by atoms with Gasteiger partial charge in [-0.1, -0.05) is 17.7 Å². The second kappa shape index (κ2) is 10.5. The standard InChI is InChI=1S/C25H18ClN3O8/c1-14-3-6-17(12-21(14)29(33)34)24-27-20(25(30)37-24)10-16-9-19(26)23(22(11-16)35-2)36-13-15-4-7-18(8-5-15)28(31)32/h3-12H,13H2,1-2H3/b20-10-. The molecule has 0 N–H and O–H groups in total. The van der Waals surface area contributed by atoms with Gasteiger partial charge in [0.2, 0.25) is 5.90 Å². The lowest BCUT2D eigenvalue weighted by atomic mass is 10.1. The van der Waals surface area contributed by atoms with Crippen LogP contribution in [0.25, 0.3) is 6.08 Å². The topological polar surface area (TPSA) is 143 Å². The molecule has 0 aromatic heterocycles. The van der Waals surface area contributed by atoms with Gasteiger partial charge in [-0.25, -0.2) is 9.79 Å². The molecule has 37 heavy (non-hydrogen) atoms. The van der Waals surface area contributed by atoms with Gasteiger partial charge in [-0.05, 0) is 54.5 Å². The van der Waals surface area contributed by atoms with E-state index < -0.39 is 15.8 Å². The van der Waals surface area contributed by atoms with Crippen LogP contribution in [0.2, 0.25) is 5.02 Å².